The van der Waals surface area contributed by atoms with Crippen LogP contribution in [0.3, 0.4) is 0 Å². The molecule has 0 radical (unpaired) electrons. The summed E-state index contributed by atoms with van der Waals surface area (Å²) in [7, 11) is 8.48. The standard InChI is InChI=1S/C24H27NO5/c1-25-14-18(10-16-6-8-20(27-2)22(12-16)29-4)24(26)19(15-25)11-17-7-9-21(28-3)23(13-17)30-5/h6-13H,14-15H2,1-5H3/p+1/b18-10+,19-11+. The predicted molar refractivity (Wildman–Crippen MR) is 117 cm³/mol. The van der Waals surface area contributed by atoms with E-state index in [4.69, 9.17) is 18.9 Å². The molecule has 1 fully saturated rings. The van der Waals surface area contributed by atoms with Crippen molar-refractivity contribution in [3.05, 3.63) is 58.7 Å². The molecule has 6 heteroatoms. The summed E-state index contributed by atoms with van der Waals surface area (Å²) in [5.41, 5.74) is 3.32. The molecule has 1 aliphatic rings. The maximum Gasteiger partial charge on any atom is 0.196 e. The van der Waals surface area contributed by atoms with Gasteiger partial charge in [-0.15, -0.1) is 0 Å². The molecule has 0 amide bonds. The van der Waals surface area contributed by atoms with E-state index in [1.807, 2.05) is 48.6 Å². The number of hydrogen-bond acceptors (Lipinski definition) is 5. The van der Waals surface area contributed by atoms with Gasteiger partial charge in [0.2, 0.25) is 0 Å². The van der Waals surface area contributed by atoms with Gasteiger partial charge in [0, 0.05) is 0 Å². The van der Waals surface area contributed by atoms with Crippen molar-refractivity contribution in [1.82, 2.24) is 0 Å². The normalized spacial score (nSPS) is 19.1. The number of rotatable bonds is 6. The Morgan fingerprint density at radius 3 is 1.47 bits per heavy atom. The lowest BCUT2D eigenvalue weighted by Crippen LogP contribution is -3.10. The first-order valence-electron chi connectivity index (χ1n) is 9.70. The van der Waals surface area contributed by atoms with Crippen LogP contribution in [-0.2, 0) is 4.79 Å². The van der Waals surface area contributed by atoms with Crippen LogP contribution in [0.1, 0.15) is 11.1 Å². The van der Waals surface area contributed by atoms with E-state index in [2.05, 4.69) is 7.05 Å². The van der Waals surface area contributed by atoms with Crippen molar-refractivity contribution in [3.63, 3.8) is 0 Å². The number of carbonyl (C=O) groups is 1. The van der Waals surface area contributed by atoms with E-state index in [9.17, 15) is 4.79 Å². The predicted octanol–water partition coefficient (Wildman–Crippen LogP) is 2.29. The first-order chi connectivity index (χ1) is 14.5. The Kier molecular flexibility index (Phi) is 6.79. The fourth-order valence-corrected chi connectivity index (χ4v) is 3.60. The molecule has 0 unspecified atom stereocenters. The maximum absolute atomic E-state index is 13.2. The second-order valence-electron chi connectivity index (χ2n) is 7.21. The van der Waals surface area contributed by atoms with Gasteiger partial charge >= 0.3 is 0 Å². The summed E-state index contributed by atoms with van der Waals surface area (Å²) in [6, 6.07) is 11.3. The van der Waals surface area contributed by atoms with Crippen LogP contribution in [0.4, 0.5) is 0 Å². The zero-order valence-corrected chi connectivity index (χ0v) is 18.1. The highest BCUT2D eigenvalue weighted by molar-refractivity contribution is 6.14. The minimum atomic E-state index is 0.0603. The number of likely N-dealkylation sites (tertiary alicyclic amines) is 1. The first-order valence-corrected chi connectivity index (χ1v) is 9.70. The lowest BCUT2D eigenvalue weighted by atomic mass is 9.94. The van der Waals surface area contributed by atoms with Gasteiger partial charge in [-0.3, -0.25) is 4.79 Å². The number of carbonyl (C=O) groups excluding carboxylic acids is 1. The molecule has 1 aliphatic heterocycles. The third-order valence-corrected chi connectivity index (χ3v) is 5.06. The summed E-state index contributed by atoms with van der Waals surface area (Å²) in [4.78, 5) is 14.4. The summed E-state index contributed by atoms with van der Waals surface area (Å²) in [5, 5.41) is 0. The third-order valence-electron chi connectivity index (χ3n) is 5.06. The molecule has 158 valence electrons. The Morgan fingerprint density at radius 2 is 1.10 bits per heavy atom. The first kappa shape index (κ1) is 21.5. The number of methoxy groups -OCH3 is 4. The van der Waals surface area contributed by atoms with Crippen molar-refractivity contribution in [1.29, 1.82) is 0 Å². The molecule has 3 rings (SSSR count). The molecule has 0 atom stereocenters. The van der Waals surface area contributed by atoms with Gasteiger partial charge in [-0.05, 0) is 47.5 Å². The van der Waals surface area contributed by atoms with Gasteiger partial charge in [0.15, 0.2) is 28.8 Å². The lowest BCUT2D eigenvalue weighted by molar-refractivity contribution is -0.870. The zero-order valence-electron chi connectivity index (χ0n) is 18.1. The number of piperidine rings is 1. The van der Waals surface area contributed by atoms with Crippen molar-refractivity contribution >= 4 is 17.9 Å². The third kappa shape index (κ3) is 4.66. The average molecular weight is 410 g/mol. The van der Waals surface area contributed by atoms with E-state index in [-0.39, 0.29) is 5.78 Å². The minimum absolute atomic E-state index is 0.0603. The molecular formula is C24H28NO5+. The van der Waals surface area contributed by atoms with E-state index in [0.29, 0.717) is 36.1 Å². The smallest absolute Gasteiger partial charge is 0.196 e. The Balaban J connectivity index is 1.93. The Hall–Kier alpha value is -3.25. The summed E-state index contributed by atoms with van der Waals surface area (Å²) < 4.78 is 21.3. The number of quaternary nitrogens is 1. The maximum atomic E-state index is 13.2. The largest absolute Gasteiger partial charge is 0.493 e. The number of hydrogen-bond donors (Lipinski definition) is 1. The molecule has 2 aromatic carbocycles. The highest BCUT2D eigenvalue weighted by Gasteiger charge is 2.27. The van der Waals surface area contributed by atoms with Gasteiger partial charge in [-0.1, -0.05) is 12.1 Å². The molecule has 1 heterocycles. The Bertz CT molecular complexity index is 916. The van der Waals surface area contributed by atoms with Crippen LogP contribution < -0.4 is 23.8 Å². The van der Waals surface area contributed by atoms with E-state index in [0.717, 1.165) is 22.3 Å². The van der Waals surface area contributed by atoms with Gasteiger partial charge in [0.1, 0.15) is 13.1 Å². The molecule has 0 spiro atoms. The summed E-state index contributed by atoms with van der Waals surface area (Å²) in [5.74, 6) is 2.65. The Labute approximate surface area is 177 Å². The van der Waals surface area contributed by atoms with Crippen molar-refractivity contribution in [2.24, 2.45) is 0 Å². The number of benzene rings is 2. The summed E-state index contributed by atoms with van der Waals surface area (Å²) >= 11 is 0. The number of Topliss-reactive ketones (excluding diaryl/α,β-unsaturated/α-hetero) is 1. The highest BCUT2D eigenvalue weighted by Crippen LogP contribution is 2.30. The fourth-order valence-electron chi connectivity index (χ4n) is 3.60. The molecule has 6 nitrogen and oxygen atoms in total. The summed E-state index contributed by atoms with van der Waals surface area (Å²) in [6.07, 6.45) is 3.85. The van der Waals surface area contributed by atoms with Crippen LogP contribution in [0.2, 0.25) is 0 Å². The van der Waals surface area contributed by atoms with Gasteiger partial charge in [0.05, 0.1) is 46.6 Å². The molecule has 30 heavy (non-hydrogen) atoms. The molecule has 1 N–H and O–H groups in total. The van der Waals surface area contributed by atoms with Crippen LogP contribution in [0.25, 0.3) is 12.2 Å². The van der Waals surface area contributed by atoms with E-state index >= 15 is 0 Å². The Morgan fingerprint density at radius 1 is 0.700 bits per heavy atom. The van der Waals surface area contributed by atoms with Gasteiger partial charge < -0.3 is 23.8 Å². The van der Waals surface area contributed by atoms with Crippen molar-refractivity contribution in [2.75, 3.05) is 48.6 Å². The van der Waals surface area contributed by atoms with Crippen LogP contribution in [0.15, 0.2) is 47.5 Å². The lowest BCUT2D eigenvalue weighted by Gasteiger charge is -2.23. The molecule has 0 aromatic heterocycles. The molecule has 0 bridgehead atoms. The quantitative estimate of drug-likeness (QED) is 0.741. The highest BCUT2D eigenvalue weighted by atomic mass is 16.5. The fraction of sp³-hybridized carbons (Fsp3) is 0.292. The number of ketones is 1. The molecule has 0 aliphatic carbocycles. The molecule has 2 aromatic rings. The number of nitrogens with one attached hydrogen (secondary N) is 1. The van der Waals surface area contributed by atoms with E-state index in [1.54, 1.807) is 28.4 Å². The second kappa shape index (κ2) is 9.50. The summed E-state index contributed by atoms with van der Waals surface area (Å²) in [6.45, 7) is 1.33. The van der Waals surface area contributed by atoms with Crippen molar-refractivity contribution in [3.8, 4) is 23.0 Å². The molecular weight excluding hydrogens is 382 g/mol. The van der Waals surface area contributed by atoms with Crippen molar-refractivity contribution in [2.45, 2.75) is 0 Å². The van der Waals surface area contributed by atoms with Crippen molar-refractivity contribution < 1.29 is 28.6 Å². The van der Waals surface area contributed by atoms with Crippen LogP contribution in [0, 0.1) is 0 Å². The van der Waals surface area contributed by atoms with Crippen LogP contribution in [0.5, 0.6) is 23.0 Å². The zero-order chi connectivity index (χ0) is 21.7. The van der Waals surface area contributed by atoms with Gasteiger partial charge in [-0.25, -0.2) is 0 Å². The SMILES string of the molecule is COc1ccc(/C=C2\C[NH+](C)C/C(=C\c3ccc(OC)c(OC)c3)C2=O)cc1OC. The van der Waals surface area contributed by atoms with Gasteiger partial charge in [-0.2, -0.15) is 0 Å². The second-order valence-corrected chi connectivity index (χ2v) is 7.21. The monoisotopic (exact) mass is 410 g/mol. The van der Waals surface area contributed by atoms with E-state index < -0.39 is 0 Å². The van der Waals surface area contributed by atoms with Crippen LogP contribution >= 0.6 is 0 Å². The van der Waals surface area contributed by atoms with E-state index in [1.165, 1.54) is 4.90 Å². The topological polar surface area (TPSA) is 58.4 Å². The number of ether oxygens (including phenoxy) is 4. The molecule has 0 saturated carbocycles. The average Bonchev–Trinajstić information content (AvgIpc) is 2.76. The molecule has 1 saturated heterocycles. The van der Waals surface area contributed by atoms with Gasteiger partial charge in [0.25, 0.3) is 0 Å². The minimum Gasteiger partial charge on any atom is -0.493 e. The number of likely N-dealkylation sites (N-methyl/N-ethyl adjacent to an activating group) is 1. The van der Waals surface area contributed by atoms with Crippen LogP contribution in [-0.4, -0.2) is 54.4 Å².